The number of benzene rings is 2. The molecular weight excluding hydrogens is 378 g/mol. The standard InChI is InChI=1S/C16H16BrN3O4/c1-19(8-9-24-13-5-3-12(17)4-6-13)16(21)11-2-7-14(18)15(10-11)20(22)23/h2-7,10H,8-9,18H2,1H3. The molecule has 0 heterocycles. The van der Waals surface area contributed by atoms with Gasteiger partial charge in [-0.15, -0.1) is 0 Å². The number of likely N-dealkylation sites (N-methyl/N-ethyl adjacent to an activating group) is 1. The number of hydrogen-bond donors (Lipinski definition) is 1. The predicted octanol–water partition coefficient (Wildman–Crippen LogP) is 3.09. The van der Waals surface area contributed by atoms with Crippen LogP contribution in [0.3, 0.4) is 0 Å². The minimum atomic E-state index is -0.608. The number of hydrogen-bond acceptors (Lipinski definition) is 5. The van der Waals surface area contributed by atoms with Crippen molar-refractivity contribution in [1.82, 2.24) is 4.90 Å². The summed E-state index contributed by atoms with van der Waals surface area (Å²) in [4.78, 5) is 24.0. The number of nitrogen functional groups attached to an aromatic ring is 1. The Hall–Kier alpha value is -2.61. The number of nitrogens with two attached hydrogens (primary N) is 1. The van der Waals surface area contributed by atoms with Gasteiger partial charge in [0.15, 0.2) is 0 Å². The van der Waals surface area contributed by atoms with E-state index in [-0.39, 0.29) is 22.8 Å². The summed E-state index contributed by atoms with van der Waals surface area (Å²) in [5.41, 5.74) is 5.49. The molecule has 0 bridgehead atoms. The van der Waals surface area contributed by atoms with E-state index in [4.69, 9.17) is 10.5 Å². The number of halogens is 1. The summed E-state index contributed by atoms with van der Waals surface area (Å²) in [7, 11) is 1.61. The molecule has 7 nitrogen and oxygen atoms in total. The topological polar surface area (TPSA) is 98.7 Å². The van der Waals surface area contributed by atoms with E-state index in [1.807, 2.05) is 24.3 Å². The van der Waals surface area contributed by atoms with Crippen molar-refractivity contribution >= 4 is 33.2 Å². The molecule has 24 heavy (non-hydrogen) atoms. The molecule has 2 aromatic rings. The summed E-state index contributed by atoms with van der Waals surface area (Å²) in [6.45, 7) is 0.647. The molecule has 2 rings (SSSR count). The zero-order valence-electron chi connectivity index (χ0n) is 12.9. The molecule has 2 N–H and O–H groups in total. The number of nitro benzene ring substituents is 1. The zero-order chi connectivity index (χ0) is 17.7. The first kappa shape index (κ1) is 17.7. The smallest absolute Gasteiger partial charge is 0.292 e. The van der Waals surface area contributed by atoms with Crippen LogP contribution in [0, 0.1) is 10.1 Å². The number of anilines is 1. The van der Waals surface area contributed by atoms with E-state index in [1.54, 1.807) is 7.05 Å². The van der Waals surface area contributed by atoms with Crippen LogP contribution in [0.5, 0.6) is 5.75 Å². The summed E-state index contributed by atoms with van der Waals surface area (Å²) < 4.78 is 6.51. The van der Waals surface area contributed by atoms with Gasteiger partial charge < -0.3 is 15.4 Å². The van der Waals surface area contributed by atoms with Gasteiger partial charge in [-0.1, -0.05) is 15.9 Å². The summed E-state index contributed by atoms with van der Waals surface area (Å²) in [6.07, 6.45) is 0. The normalized spacial score (nSPS) is 10.2. The number of nitro groups is 1. The Balaban J connectivity index is 1.95. The SMILES string of the molecule is CN(CCOc1ccc(Br)cc1)C(=O)c1ccc(N)c([N+](=O)[O-])c1. The van der Waals surface area contributed by atoms with Crippen molar-refractivity contribution in [1.29, 1.82) is 0 Å². The average molecular weight is 394 g/mol. The van der Waals surface area contributed by atoms with Crippen molar-refractivity contribution < 1.29 is 14.5 Å². The molecule has 2 aromatic carbocycles. The highest BCUT2D eigenvalue weighted by Crippen LogP contribution is 2.23. The van der Waals surface area contributed by atoms with E-state index < -0.39 is 4.92 Å². The minimum absolute atomic E-state index is 0.0257. The van der Waals surface area contributed by atoms with E-state index >= 15 is 0 Å². The molecule has 0 unspecified atom stereocenters. The van der Waals surface area contributed by atoms with Crippen LogP contribution < -0.4 is 10.5 Å². The van der Waals surface area contributed by atoms with Gasteiger partial charge in [-0.2, -0.15) is 0 Å². The number of rotatable bonds is 6. The summed E-state index contributed by atoms with van der Waals surface area (Å²) in [5.74, 6) is 0.361. The van der Waals surface area contributed by atoms with E-state index in [0.29, 0.717) is 18.9 Å². The molecule has 126 valence electrons. The maximum Gasteiger partial charge on any atom is 0.292 e. The monoisotopic (exact) mass is 393 g/mol. The van der Waals surface area contributed by atoms with Crippen LogP contribution in [0.1, 0.15) is 10.4 Å². The molecule has 0 aliphatic rings. The van der Waals surface area contributed by atoms with Crippen LogP contribution in [0.25, 0.3) is 0 Å². The van der Waals surface area contributed by atoms with Crippen LogP contribution >= 0.6 is 15.9 Å². The zero-order valence-corrected chi connectivity index (χ0v) is 14.5. The lowest BCUT2D eigenvalue weighted by atomic mass is 10.1. The number of carbonyl (C=O) groups is 1. The fourth-order valence-electron chi connectivity index (χ4n) is 1.99. The first-order valence-corrected chi connectivity index (χ1v) is 7.85. The molecule has 8 heteroatoms. The lowest BCUT2D eigenvalue weighted by molar-refractivity contribution is -0.383. The second-order valence-electron chi connectivity index (χ2n) is 5.06. The Morgan fingerprint density at radius 3 is 2.58 bits per heavy atom. The van der Waals surface area contributed by atoms with E-state index in [1.165, 1.54) is 23.1 Å². The fourth-order valence-corrected chi connectivity index (χ4v) is 2.25. The van der Waals surface area contributed by atoms with Crippen molar-refractivity contribution in [2.75, 3.05) is 25.9 Å². The summed E-state index contributed by atoms with van der Waals surface area (Å²) in [6, 6.07) is 11.4. The molecule has 0 radical (unpaired) electrons. The van der Waals surface area contributed by atoms with Gasteiger partial charge in [0.25, 0.3) is 11.6 Å². The van der Waals surface area contributed by atoms with Crippen LogP contribution in [0.15, 0.2) is 46.9 Å². The molecule has 0 atom stereocenters. The molecule has 0 saturated heterocycles. The molecular formula is C16H16BrN3O4. The predicted molar refractivity (Wildman–Crippen MR) is 94.1 cm³/mol. The Kier molecular flexibility index (Phi) is 5.75. The maximum atomic E-state index is 12.3. The van der Waals surface area contributed by atoms with E-state index in [2.05, 4.69) is 15.9 Å². The Morgan fingerprint density at radius 2 is 1.96 bits per heavy atom. The minimum Gasteiger partial charge on any atom is -0.492 e. The van der Waals surface area contributed by atoms with Gasteiger partial charge in [0.1, 0.15) is 18.0 Å². The van der Waals surface area contributed by atoms with Crippen molar-refractivity contribution in [2.24, 2.45) is 0 Å². The van der Waals surface area contributed by atoms with Crippen LogP contribution in [-0.4, -0.2) is 35.9 Å². The van der Waals surface area contributed by atoms with Crippen molar-refractivity contribution in [3.05, 3.63) is 62.6 Å². The second kappa shape index (κ2) is 7.78. The molecule has 0 aliphatic carbocycles. The van der Waals surface area contributed by atoms with Crippen LogP contribution in [-0.2, 0) is 0 Å². The van der Waals surface area contributed by atoms with Crippen LogP contribution in [0.2, 0.25) is 0 Å². The van der Waals surface area contributed by atoms with Gasteiger partial charge in [-0.3, -0.25) is 14.9 Å². The molecule has 0 aromatic heterocycles. The summed E-state index contributed by atoms with van der Waals surface area (Å²) >= 11 is 3.34. The van der Waals surface area contributed by atoms with Crippen LogP contribution in [0.4, 0.5) is 11.4 Å². The van der Waals surface area contributed by atoms with Gasteiger partial charge in [0, 0.05) is 23.2 Å². The lowest BCUT2D eigenvalue weighted by Crippen LogP contribution is -2.30. The van der Waals surface area contributed by atoms with Gasteiger partial charge in [-0.05, 0) is 36.4 Å². The number of carbonyl (C=O) groups excluding carboxylic acids is 1. The third-order valence-corrected chi connectivity index (χ3v) is 3.86. The van der Waals surface area contributed by atoms with E-state index in [0.717, 1.165) is 4.47 Å². The fraction of sp³-hybridized carbons (Fsp3) is 0.188. The highest BCUT2D eigenvalue weighted by molar-refractivity contribution is 9.10. The third-order valence-electron chi connectivity index (χ3n) is 3.33. The molecule has 0 spiro atoms. The molecule has 1 amide bonds. The van der Waals surface area contributed by atoms with Gasteiger partial charge in [-0.25, -0.2) is 0 Å². The number of ether oxygens (including phenoxy) is 1. The lowest BCUT2D eigenvalue weighted by Gasteiger charge is -2.17. The number of nitrogens with zero attached hydrogens (tertiary/aromatic N) is 2. The second-order valence-corrected chi connectivity index (χ2v) is 5.98. The molecule has 0 aliphatic heterocycles. The Bertz CT molecular complexity index is 749. The van der Waals surface area contributed by atoms with Gasteiger partial charge in [0.05, 0.1) is 11.5 Å². The van der Waals surface area contributed by atoms with Gasteiger partial charge >= 0.3 is 0 Å². The Morgan fingerprint density at radius 1 is 1.29 bits per heavy atom. The van der Waals surface area contributed by atoms with Crippen molar-refractivity contribution in [2.45, 2.75) is 0 Å². The number of amides is 1. The largest absolute Gasteiger partial charge is 0.492 e. The van der Waals surface area contributed by atoms with E-state index in [9.17, 15) is 14.9 Å². The summed E-state index contributed by atoms with van der Waals surface area (Å²) in [5, 5.41) is 10.9. The van der Waals surface area contributed by atoms with Crippen molar-refractivity contribution in [3.63, 3.8) is 0 Å². The molecule has 0 saturated carbocycles. The third kappa shape index (κ3) is 4.45. The Labute approximate surface area is 147 Å². The highest BCUT2D eigenvalue weighted by atomic mass is 79.9. The van der Waals surface area contributed by atoms with Gasteiger partial charge in [0.2, 0.25) is 0 Å². The maximum absolute atomic E-state index is 12.3. The molecule has 0 fully saturated rings. The highest BCUT2D eigenvalue weighted by Gasteiger charge is 2.18. The van der Waals surface area contributed by atoms with Crippen molar-refractivity contribution in [3.8, 4) is 5.75 Å². The first-order chi connectivity index (χ1) is 11.4. The first-order valence-electron chi connectivity index (χ1n) is 7.06. The quantitative estimate of drug-likeness (QED) is 0.461. The average Bonchev–Trinajstić information content (AvgIpc) is 2.56.